The molecule has 0 aliphatic heterocycles. The quantitative estimate of drug-likeness (QED) is 0.159. The van der Waals surface area contributed by atoms with E-state index in [0.717, 1.165) is 27.6 Å². The van der Waals surface area contributed by atoms with Crippen LogP contribution in [-0.4, -0.2) is 24.5 Å². The van der Waals surface area contributed by atoms with Gasteiger partial charge in [-0.1, -0.05) is 54.6 Å². The van der Waals surface area contributed by atoms with Gasteiger partial charge in [0, 0.05) is 16.8 Å². The van der Waals surface area contributed by atoms with E-state index < -0.39 is 32.3 Å². The zero-order valence-electron chi connectivity index (χ0n) is 19.6. The van der Waals surface area contributed by atoms with E-state index in [1.54, 1.807) is 18.2 Å². The van der Waals surface area contributed by atoms with Gasteiger partial charge in [-0.25, -0.2) is 8.42 Å². The van der Waals surface area contributed by atoms with Crippen molar-refractivity contribution in [3.05, 3.63) is 107 Å². The summed E-state index contributed by atoms with van der Waals surface area (Å²) in [7, 11) is -5.04. The molecule has 0 spiro atoms. The molecule has 0 atom stereocenters. The normalized spacial score (nSPS) is 12.7. The van der Waals surface area contributed by atoms with Crippen molar-refractivity contribution in [2.75, 3.05) is 11.1 Å². The van der Waals surface area contributed by atoms with Crippen LogP contribution < -0.4 is 40.6 Å². The summed E-state index contributed by atoms with van der Waals surface area (Å²) in [5, 5.41) is 7.09. The Balaban J connectivity index is 0.00000280. The van der Waals surface area contributed by atoms with Gasteiger partial charge in [-0.15, -0.1) is 0 Å². The fourth-order valence-corrected chi connectivity index (χ4v) is 5.41. The molecule has 37 heavy (non-hydrogen) atoms. The monoisotopic (exact) mass is 516 g/mol. The van der Waals surface area contributed by atoms with E-state index in [2.05, 4.69) is 11.4 Å². The molecule has 5 aromatic rings. The summed E-state index contributed by atoms with van der Waals surface area (Å²) in [6.45, 7) is 0. The van der Waals surface area contributed by atoms with Gasteiger partial charge in [0.2, 0.25) is 0 Å². The van der Waals surface area contributed by atoms with Gasteiger partial charge in [-0.2, -0.15) is 0 Å². The van der Waals surface area contributed by atoms with Crippen molar-refractivity contribution in [3.8, 4) is 0 Å². The summed E-state index contributed by atoms with van der Waals surface area (Å²) >= 11 is 0. The van der Waals surface area contributed by atoms with Crippen LogP contribution in [0.5, 0.6) is 0 Å². The minimum absolute atomic E-state index is 0. The third-order valence-electron chi connectivity index (χ3n) is 6.45. The largest absolute Gasteiger partial charge is 1.00 e. The van der Waals surface area contributed by atoms with Crippen LogP contribution >= 0.6 is 0 Å². The maximum Gasteiger partial charge on any atom is 1.00 e. The Morgan fingerprint density at radius 3 is 1.84 bits per heavy atom. The number of rotatable bonds is 3. The number of carbonyl (C=O) groups is 2. The third kappa shape index (κ3) is 4.13. The topological polar surface area (TPSA) is 129 Å². The number of hydrogen-bond donors (Lipinski definition) is 2. The van der Waals surface area contributed by atoms with Crippen LogP contribution in [0.2, 0.25) is 0 Å². The molecule has 0 saturated carbocycles. The molecule has 1 aliphatic carbocycles. The molecule has 0 heterocycles. The first-order valence-electron chi connectivity index (χ1n) is 11.0. The molecule has 0 unspecified atom stereocenters. The van der Waals surface area contributed by atoms with E-state index in [-0.39, 0.29) is 57.5 Å². The second-order valence-electron chi connectivity index (χ2n) is 8.63. The number of benzene rings is 5. The van der Waals surface area contributed by atoms with Crippen LogP contribution in [0.25, 0.3) is 21.5 Å². The van der Waals surface area contributed by atoms with Gasteiger partial charge in [-0.3, -0.25) is 9.59 Å². The fraction of sp³-hybridized carbons (Fsp3) is 0. The molecule has 1 aliphatic rings. The average Bonchev–Trinajstić information content (AvgIpc) is 2.86. The molecule has 0 aromatic heterocycles. The second-order valence-corrected chi connectivity index (χ2v) is 9.98. The van der Waals surface area contributed by atoms with Crippen molar-refractivity contribution < 1.29 is 52.1 Å². The Hall–Kier alpha value is -3.53. The van der Waals surface area contributed by atoms with Gasteiger partial charge >= 0.3 is 29.6 Å². The Labute approximate surface area is 234 Å². The molecular weight excluding hydrogens is 499 g/mol. The van der Waals surface area contributed by atoms with Gasteiger partial charge in [0.15, 0.2) is 11.6 Å². The predicted octanol–water partition coefficient (Wildman–Crippen LogP) is 2.00. The van der Waals surface area contributed by atoms with E-state index in [9.17, 15) is 22.6 Å². The summed E-state index contributed by atoms with van der Waals surface area (Å²) in [6, 6.07) is 24.8. The molecule has 0 fully saturated rings. The molecule has 0 amide bonds. The number of carbonyl (C=O) groups excluding carboxylic acids is 2. The fourth-order valence-electron chi connectivity index (χ4n) is 4.77. The first kappa shape index (κ1) is 25.1. The van der Waals surface area contributed by atoms with E-state index >= 15 is 0 Å². The second kappa shape index (κ2) is 9.09. The number of nitrogens with two attached hydrogens (primary N) is 1. The van der Waals surface area contributed by atoms with E-state index in [0.29, 0.717) is 5.69 Å². The molecule has 3 N–H and O–H groups in total. The third-order valence-corrected chi connectivity index (χ3v) is 7.33. The van der Waals surface area contributed by atoms with Crippen molar-refractivity contribution >= 4 is 60.3 Å². The summed E-state index contributed by atoms with van der Waals surface area (Å²) in [5.74, 6) is -1.10. The van der Waals surface area contributed by atoms with E-state index in [4.69, 9.17) is 5.73 Å². The zero-order chi connectivity index (χ0) is 25.2. The van der Waals surface area contributed by atoms with E-state index in [1.165, 1.54) is 12.1 Å². The number of nitrogen functional groups attached to an aromatic ring is 1. The smallest absolute Gasteiger partial charge is 0.744 e. The molecule has 9 heteroatoms. The molecule has 7 nitrogen and oxygen atoms in total. The van der Waals surface area contributed by atoms with Gasteiger partial charge in [0.25, 0.3) is 0 Å². The Bertz CT molecular complexity index is 1900. The molecule has 176 valence electrons. The minimum Gasteiger partial charge on any atom is -0.744 e. The summed E-state index contributed by atoms with van der Waals surface area (Å²) < 4.78 is 36.1. The molecule has 0 radical (unpaired) electrons. The van der Waals surface area contributed by atoms with Crippen LogP contribution in [0.3, 0.4) is 0 Å². The molecular formula is C28H17N2NaO5S. The molecule has 0 bridgehead atoms. The summed E-state index contributed by atoms with van der Waals surface area (Å²) in [5.41, 5.74) is 5.97. The van der Waals surface area contributed by atoms with Gasteiger partial charge in [0.1, 0.15) is 10.1 Å². The van der Waals surface area contributed by atoms with E-state index in [1.807, 2.05) is 42.5 Å². The van der Waals surface area contributed by atoms with Crippen molar-refractivity contribution in [3.63, 3.8) is 0 Å². The Kier molecular flexibility index (Phi) is 6.18. The predicted molar refractivity (Wildman–Crippen MR) is 137 cm³/mol. The SMILES string of the molecule is Nc1c(S(=O)(=O)[O-])cc(Nc2ccc3cc4ccccc4cc3c2)c2c1C(=O)c1ccccc1C2=O.[Na+]. The number of anilines is 3. The summed E-state index contributed by atoms with van der Waals surface area (Å²) in [6.07, 6.45) is 0. The number of hydrogen-bond acceptors (Lipinski definition) is 7. The molecule has 6 rings (SSSR count). The Morgan fingerprint density at radius 1 is 0.676 bits per heavy atom. The van der Waals surface area contributed by atoms with Crippen LogP contribution in [0, 0.1) is 0 Å². The zero-order valence-corrected chi connectivity index (χ0v) is 22.4. The molecule has 0 saturated heterocycles. The summed E-state index contributed by atoms with van der Waals surface area (Å²) in [4.78, 5) is 26.0. The van der Waals surface area contributed by atoms with Crippen molar-refractivity contribution in [2.24, 2.45) is 0 Å². The first-order chi connectivity index (χ1) is 17.2. The van der Waals surface area contributed by atoms with Crippen molar-refractivity contribution in [2.45, 2.75) is 4.90 Å². The average molecular weight is 517 g/mol. The van der Waals surface area contributed by atoms with Gasteiger partial charge < -0.3 is 15.6 Å². The standard InChI is InChI=1S/C28H18N2O5S.Na/c29-26-23(36(33,34)35)14-22(24-25(26)28(32)21-8-4-3-7-20(21)27(24)31)30-19-10-9-17-11-15-5-1-2-6-16(15)12-18(17)13-19;/h1-14,30H,29H2,(H,33,34,35);/q;+1/p-1. The number of ketones is 2. The number of nitrogens with one attached hydrogen (secondary N) is 1. The van der Waals surface area contributed by atoms with Crippen LogP contribution in [0.4, 0.5) is 17.1 Å². The van der Waals surface area contributed by atoms with Crippen LogP contribution in [0.1, 0.15) is 31.8 Å². The Morgan fingerprint density at radius 2 is 1.22 bits per heavy atom. The first-order valence-corrected chi connectivity index (χ1v) is 12.4. The minimum atomic E-state index is -5.04. The van der Waals surface area contributed by atoms with Crippen LogP contribution in [-0.2, 0) is 10.1 Å². The maximum atomic E-state index is 13.5. The van der Waals surface area contributed by atoms with Gasteiger partial charge in [-0.05, 0) is 51.9 Å². The van der Waals surface area contributed by atoms with Crippen molar-refractivity contribution in [1.29, 1.82) is 0 Å². The van der Waals surface area contributed by atoms with Crippen molar-refractivity contribution in [1.82, 2.24) is 0 Å². The number of fused-ring (bicyclic) bond motifs is 4. The van der Waals surface area contributed by atoms with Gasteiger partial charge in [0.05, 0.1) is 27.4 Å². The maximum absolute atomic E-state index is 13.5. The van der Waals surface area contributed by atoms with Crippen LogP contribution in [0.15, 0.2) is 89.8 Å². The molecule has 5 aromatic carbocycles.